The molecule has 0 bridgehead atoms. The van der Waals surface area contributed by atoms with Crippen molar-refractivity contribution in [3.05, 3.63) is 95.3 Å². The topological polar surface area (TPSA) is 57.7 Å². The van der Waals surface area contributed by atoms with Gasteiger partial charge in [0.1, 0.15) is 5.82 Å². The first-order chi connectivity index (χ1) is 16.4. The summed E-state index contributed by atoms with van der Waals surface area (Å²) in [5, 5.41) is 0. The number of carbonyl (C=O) groups excluding carboxylic acids is 1. The SMILES string of the molecule is O=C(c1cccc(S(=O)(=O)N2CCCc3ccccc32)c1)N1CCCC1Cc1cccc(F)c1. The second-order valence-electron chi connectivity index (χ2n) is 8.97. The van der Waals surface area contributed by atoms with Crippen molar-refractivity contribution in [1.82, 2.24) is 4.90 Å². The molecule has 0 spiro atoms. The van der Waals surface area contributed by atoms with E-state index in [1.165, 1.54) is 22.5 Å². The van der Waals surface area contributed by atoms with Crippen molar-refractivity contribution < 1.29 is 17.6 Å². The quantitative estimate of drug-likeness (QED) is 0.529. The van der Waals surface area contributed by atoms with Gasteiger partial charge in [-0.1, -0.05) is 36.4 Å². The molecule has 176 valence electrons. The predicted molar refractivity (Wildman–Crippen MR) is 130 cm³/mol. The summed E-state index contributed by atoms with van der Waals surface area (Å²) in [6, 6.07) is 20.3. The van der Waals surface area contributed by atoms with Crippen LogP contribution in [0.2, 0.25) is 0 Å². The van der Waals surface area contributed by atoms with Crippen LogP contribution in [0.4, 0.5) is 10.1 Å². The smallest absolute Gasteiger partial charge is 0.264 e. The van der Waals surface area contributed by atoms with Crippen LogP contribution in [-0.4, -0.2) is 38.4 Å². The summed E-state index contributed by atoms with van der Waals surface area (Å²) < 4.78 is 42.2. The fourth-order valence-electron chi connectivity index (χ4n) is 5.08. The van der Waals surface area contributed by atoms with Crippen molar-refractivity contribution in [2.75, 3.05) is 17.4 Å². The number of fused-ring (bicyclic) bond motifs is 1. The van der Waals surface area contributed by atoms with Crippen LogP contribution in [0.3, 0.4) is 0 Å². The summed E-state index contributed by atoms with van der Waals surface area (Å²) in [7, 11) is -3.80. The molecule has 34 heavy (non-hydrogen) atoms. The minimum atomic E-state index is -3.80. The van der Waals surface area contributed by atoms with Gasteiger partial charge in [-0.05, 0) is 79.6 Å². The van der Waals surface area contributed by atoms with Gasteiger partial charge in [0.2, 0.25) is 0 Å². The normalized spacial score (nSPS) is 18.1. The van der Waals surface area contributed by atoms with Crippen LogP contribution in [0.25, 0.3) is 0 Å². The Kier molecular flexibility index (Phi) is 6.13. The molecule has 2 aliphatic heterocycles. The van der Waals surface area contributed by atoms with Gasteiger partial charge in [0.05, 0.1) is 10.6 Å². The van der Waals surface area contributed by atoms with Crippen molar-refractivity contribution in [3.8, 4) is 0 Å². The van der Waals surface area contributed by atoms with Gasteiger partial charge >= 0.3 is 0 Å². The van der Waals surface area contributed by atoms with Gasteiger partial charge in [-0.15, -0.1) is 0 Å². The Morgan fingerprint density at radius 2 is 1.76 bits per heavy atom. The van der Waals surface area contributed by atoms with Gasteiger partial charge in [0, 0.05) is 24.7 Å². The van der Waals surface area contributed by atoms with Crippen molar-refractivity contribution in [2.45, 2.75) is 43.0 Å². The van der Waals surface area contributed by atoms with Crippen LogP contribution in [0, 0.1) is 5.82 Å². The van der Waals surface area contributed by atoms with Crippen LogP contribution >= 0.6 is 0 Å². The molecule has 0 saturated carbocycles. The number of amides is 1. The number of halogens is 1. The maximum atomic E-state index is 13.6. The van der Waals surface area contributed by atoms with E-state index >= 15 is 0 Å². The summed E-state index contributed by atoms with van der Waals surface area (Å²) >= 11 is 0. The van der Waals surface area contributed by atoms with E-state index < -0.39 is 10.0 Å². The molecule has 2 heterocycles. The number of likely N-dealkylation sites (tertiary alicyclic amines) is 1. The first-order valence-electron chi connectivity index (χ1n) is 11.7. The second kappa shape index (κ2) is 9.22. The third-order valence-corrected chi connectivity index (χ3v) is 8.54. The molecule has 1 amide bonds. The summed E-state index contributed by atoms with van der Waals surface area (Å²) in [6.07, 6.45) is 3.89. The van der Waals surface area contributed by atoms with Crippen molar-refractivity contribution in [2.24, 2.45) is 0 Å². The monoisotopic (exact) mass is 478 g/mol. The van der Waals surface area contributed by atoms with Crippen molar-refractivity contribution >= 4 is 21.6 Å². The summed E-state index contributed by atoms with van der Waals surface area (Å²) in [4.78, 5) is 15.3. The molecule has 2 aliphatic rings. The van der Waals surface area contributed by atoms with Gasteiger partial charge in [-0.25, -0.2) is 12.8 Å². The summed E-state index contributed by atoms with van der Waals surface area (Å²) in [6.45, 7) is 1.02. The lowest BCUT2D eigenvalue weighted by atomic mass is 10.0. The molecule has 0 aromatic heterocycles. The van der Waals surface area contributed by atoms with E-state index in [-0.39, 0.29) is 22.7 Å². The molecule has 0 radical (unpaired) electrons. The van der Waals surface area contributed by atoms with Gasteiger partial charge < -0.3 is 4.90 Å². The zero-order valence-electron chi connectivity index (χ0n) is 18.9. The number of aryl methyl sites for hydroxylation is 1. The highest BCUT2D eigenvalue weighted by atomic mass is 32.2. The zero-order valence-corrected chi connectivity index (χ0v) is 19.7. The van der Waals surface area contributed by atoms with Gasteiger partial charge in [0.25, 0.3) is 15.9 Å². The first kappa shape index (κ1) is 22.6. The molecule has 3 aromatic rings. The Morgan fingerprint density at radius 3 is 2.62 bits per heavy atom. The number of hydrogen-bond donors (Lipinski definition) is 0. The number of rotatable bonds is 5. The van der Waals surface area contributed by atoms with E-state index in [1.54, 1.807) is 29.2 Å². The zero-order chi connectivity index (χ0) is 23.7. The lowest BCUT2D eigenvalue weighted by Crippen LogP contribution is -2.37. The highest BCUT2D eigenvalue weighted by Crippen LogP contribution is 2.32. The Labute approximate surface area is 199 Å². The maximum absolute atomic E-state index is 13.6. The van der Waals surface area contributed by atoms with Crippen LogP contribution in [-0.2, 0) is 22.9 Å². The lowest BCUT2D eigenvalue weighted by molar-refractivity contribution is 0.0736. The molecule has 0 N–H and O–H groups in total. The van der Waals surface area contributed by atoms with E-state index in [9.17, 15) is 17.6 Å². The number of nitrogens with zero attached hydrogens (tertiary/aromatic N) is 2. The molecule has 0 aliphatic carbocycles. The third-order valence-electron chi connectivity index (χ3n) is 6.73. The van der Waals surface area contributed by atoms with Crippen LogP contribution < -0.4 is 4.31 Å². The van der Waals surface area contributed by atoms with E-state index in [2.05, 4.69) is 0 Å². The van der Waals surface area contributed by atoms with Crippen molar-refractivity contribution in [3.63, 3.8) is 0 Å². The molecule has 7 heteroatoms. The molecule has 1 unspecified atom stereocenters. The molecule has 3 aromatic carbocycles. The Morgan fingerprint density at radius 1 is 0.941 bits per heavy atom. The molecule has 1 saturated heterocycles. The average Bonchev–Trinajstić information content (AvgIpc) is 3.31. The van der Waals surface area contributed by atoms with Crippen molar-refractivity contribution in [1.29, 1.82) is 0 Å². The minimum Gasteiger partial charge on any atom is -0.335 e. The fourth-order valence-corrected chi connectivity index (χ4v) is 6.67. The number of benzene rings is 3. The van der Waals surface area contributed by atoms with E-state index in [4.69, 9.17) is 0 Å². The fraction of sp³-hybridized carbons (Fsp3) is 0.296. The highest BCUT2D eigenvalue weighted by Gasteiger charge is 2.32. The number of para-hydroxylation sites is 1. The average molecular weight is 479 g/mol. The Hall–Kier alpha value is -3.19. The predicted octanol–water partition coefficient (Wildman–Crippen LogP) is 4.81. The number of carbonyl (C=O) groups is 1. The second-order valence-corrected chi connectivity index (χ2v) is 10.8. The van der Waals surface area contributed by atoms with Crippen LogP contribution in [0.5, 0.6) is 0 Å². The largest absolute Gasteiger partial charge is 0.335 e. The van der Waals surface area contributed by atoms with Gasteiger partial charge in [-0.2, -0.15) is 0 Å². The van der Waals surface area contributed by atoms with Gasteiger partial charge in [-0.3, -0.25) is 9.10 Å². The Bertz CT molecular complexity index is 1320. The molecule has 1 fully saturated rings. The maximum Gasteiger partial charge on any atom is 0.264 e. The number of hydrogen-bond acceptors (Lipinski definition) is 3. The highest BCUT2D eigenvalue weighted by molar-refractivity contribution is 7.92. The molecular weight excluding hydrogens is 451 g/mol. The molecule has 1 atom stereocenters. The van der Waals surface area contributed by atoms with E-state index in [1.807, 2.05) is 30.3 Å². The minimum absolute atomic E-state index is 0.0384. The lowest BCUT2D eigenvalue weighted by Gasteiger charge is -2.30. The molecule has 5 rings (SSSR count). The summed E-state index contributed by atoms with van der Waals surface area (Å²) in [5.41, 5.74) is 2.93. The standard InChI is InChI=1S/C27H27FN2O3S/c28-23-11-3-7-20(17-23)18-24-12-6-15-29(24)27(31)22-9-4-13-25(19-22)34(32,33)30-16-5-10-21-8-1-2-14-26(21)30/h1-4,7-9,11,13-14,17,19,24H,5-6,10,12,15-16,18H2. The van der Waals surface area contributed by atoms with Gasteiger partial charge in [0.15, 0.2) is 0 Å². The first-order valence-corrected chi connectivity index (χ1v) is 13.1. The van der Waals surface area contributed by atoms with E-state index in [0.29, 0.717) is 30.8 Å². The number of sulfonamides is 1. The Balaban J connectivity index is 1.40. The third kappa shape index (κ3) is 4.32. The molecular formula is C27H27FN2O3S. The number of anilines is 1. The van der Waals surface area contributed by atoms with E-state index in [0.717, 1.165) is 36.8 Å². The molecule has 5 nitrogen and oxygen atoms in total. The van der Waals surface area contributed by atoms with Crippen LogP contribution in [0.15, 0.2) is 77.7 Å². The van der Waals surface area contributed by atoms with Crippen LogP contribution in [0.1, 0.15) is 40.7 Å². The summed E-state index contributed by atoms with van der Waals surface area (Å²) in [5.74, 6) is -0.472.